The fourth-order valence-corrected chi connectivity index (χ4v) is 0.476. The van der Waals surface area contributed by atoms with Crippen molar-refractivity contribution in [1.82, 2.24) is 3.53 Å². The summed E-state index contributed by atoms with van der Waals surface area (Å²) in [7, 11) is 1.37. The van der Waals surface area contributed by atoms with Crippen LogP contribution in [0.25, 0.3) is 0 Å². The number of nitrogens with one attached hydrogen (secondary N) is 1. The first-order chi connectivity index (χ1) is 3.72. The van der Waals surface area contributed by atoms with Crippen LogP contribution < -0.4 is 3.53 Å². The van der Waals surface area contributed by atoms with E-state index in [-0.39, 0.29) is 12.0 Å². The van der Waals surface area contributed by atoms with Gasteiger partial charge in [-0.25, -0.2) is 3.53 Å². The predicted molar refractivity (Wildman–Crippen MR) is 38.6 cm³/mol. The zero-order valence-electron chi connectivity index (χ0n) is 4.77. The summed E-state index contributed by atoms with van der Waals surface area (Å²) in [5.41, 5.74) is 0. The van der Waals surface area contributed by atoms with E-state index in [2.05, 4.69) is 8.27 Å². The Bertz CT molecular complexity index is 86.1. The summed E-state index contributed by atoms with van der Waals surface area (Å²) in [4.78, 5) is 10.5. The van der Waals surface area contributed by atoms with Crippen LogP contribution >= 0.6 is 22.9 Å². The van der Waals surface area contributed by atoms with Gasteiger partial charge in [-0.15, -0.1) is 0 Å². The fourth-order valence-electron chi connectivity index (χ4n) is 0.221. The molecule has 0 saturated heterocycles. The lowest BCUT2D eigenvalue weighted by Crippen LogP contribution is -2.27. The van der Waals surface area contributed by atoms with E-state index in [4.69, 9.17) is 0 Å². The lowest BCUT2D eigenvalue weighted by molar-refractivity contribution is -0.141. The van der Waals surface area contributed by atoms with E-state index in [1.165, 1.54) is 7.11 Å². The Balaban J connectivity index is 3.46. The van der Waals surface area contributed by atoms with Crippen molar-refractivity contribution in [2.45, 2.75) is 13.0 Å². The highest BCUT2D eigenvalue weighted by Crippen LogP contribution is 1.86. The Kier molecular flexibility index (Phi) is 4.16. The van der Waals surface area contributed by atoms with Crippen LogP contribution in [0.2, 0.25) is 0 Å². The number of carbonyl (C=O) groups excluding carboxylic acids is 1. The molecule has 0 saturated carbocycles. The summed E-state index contributed by atoms with van der Waals surface area (Å²) in [6.45, 7) is 1.73. The molecule has 1 atom stereocenters. The molecule has 0 radical (unpaired) electrons. The molecule has 0 fully saturated rings. The van der Waals surface area contributed by atoms with Crippen LogP contribution in [0.5, 0.6) is 0 Å². The van der Waals surface area contributed by atoms with Crippen molar-refractivity contribution in [1.29, 1.82) is 0 Å². The molecule has 0 aliphatic rings. The van der Waals surface area contributed by atoms with E-state index in [0.29, 0.717) is 0 Å². The molecule has 0 spiro atoms. The van der Waals surface area contributed by atoms with Gasteiger partial charge in [0.2, 0.25) is 0 Å². The second-order valence-electron chi connectivity index (χ2n) is 1.35. The molecule has 0 bridgehead atoms. The highest BCUT2D eigenvalue weighted by molar-refractivity contribution is 14.1. The topological polar surface area (TPSA) is 38.3 Å². The van der Waals surface area contributed by atoms with Crippen LogP contribution in [-0.4, -0.2) is 19.1 Å². The Morgan fingerprint density at radius 1 is 1.88 bits per heavy atom. The summed E-state index contributed by atoms with van der Waals surface area (Å²) in [5.74, 6) is -0.237. The Morgan fingerprint density at radius 3 is 2.50 bits per heavy atom. The molecule has 1 N–H and O–H groups in total. The molecule has 0 aliphatic heterocycles. The Labute approximate surface area is 62.3 Å². The van der Waals surface area contributed by atoms with E-state index in [0.717, 1.165) is 0 Å². The van der Waals surface area contributed by atoms with Gasteiger partial charge in [-0.2, -0.15) is 0 Å². The van der Waals surface area contributed by atoms with Gasteiger partial charge in [0.05, 0.1) is 7.11 Å². The maximum absolute atomic E-state index is 10.5. The molecule has 48 valence electrons. The van der Waals surface area contributed by atoms with Gasteiger partial charge in [0.25, 0.3) is 0 Å². The standard InChI is InChI=1S/C4H8INO2/c1-3(6-5)4(7)8-2/h3,6H,1-2H3/t3-/m0/s1. The molecule has 3 nitrogen and oxygen atoms in total. The molecular formula is C4H8INO2. The molecule has 0 aromatic rings. The van der Waals surface area contributed by atoms with Crippen LogP contribution in [0.3, 0.4) is 0 Å². The van der Waals surface area contributed by atoms with Gasteiger partial charge >= 0.3 is 5.97 Å². The molecule has 0 amide bonds. The molecule has 8 heavy (non-hydrogen) atoms. The number of carbonyl (C=O) groups is 1. The van der Waals surface area contributed by atoms with Crippen LogP contribution in [0.15, 0.2) is 0 Å². The monoisotopic (exact) mass is 229 g/mol. The van der Waals surface area contributed by atoms with Gasteiger partial charge in [-0.1, -0.05) is 0 Å². The van der Waals surface area contributed by atoms with Gasteiger partial charge in [-0.05, 0) is 6.92 Å². The molecule has 0 aromatic heterocycles. The summed E-state index contributed by atoms with van der Waals surface area (Å²) in [6, 6.07) is -0.208. The van der Waals surface area contributed by atoms with Crippen molar-refractivity contribution in [3.05, 3.63) is 0 Å². The highest BCUT2D eigenvalue weighted by atomic mass is 127. The third-order valence-corrected chi connectivity index (χ3v) is 1.65. The quantitative estimate of drug-likeness (QED) is 0.425. The number of esters is 1. The van der Waals surface area contributed by atoms with Crippen LogP contribution in [0, 0.1) is 0 Å². The molecule has 0 aliphatic carbocycles. The summed E-state index contributed by atoms with van der Waals surface area (Å²) in [6.07, 6.45) is 0. The molecule has 0 rings (SSSR count). The number of methoxy groups -OCH3 is 1. The number of hydrogen-bond donors (Lipinski definition) is 1. The second kappa shape index (κ2) is 4.08. The molecule has 0 unspecified atom stereocenters. The maximum atomic E-state index is 10.5. The van der Waals surface area contributed by atoms with Crippen molar-refractivity contribution < 1.29 is 9.53 Å². The first-order valence-corrected chi connectivity index (χ1v) is 3.24. The predicted octanol–water partition coefficient (Wildman–Crippen LogP) is 0.487. The van der Waals surface area contributed by atoms with Gasteiger partial charge in [0.15, 0.2) is 0 Å². The number of halogens is 1. The van der Waals surface area contributed by atoms with Crippen LogP contribution in [0.1, 0.15) is 6.92 Å². The summed E-state index contributed by atoms with van der Waals surface area (Å²) >= 11 is 1.90. The van der Waals surface area contributed by atoms with Crippen molar-refractivity contribution >= 4 is 28.8 Å². The minimum atomic E-state index is -0.237. The van der Waals surface area contributed by atoms with Crippen LogP contribution in [0.4, 0.5) is 0 Å². The normalized spacial score (nSPS) is 12.9. The number of hydrogen-bond acceptors (Lipinski definition) is 3. The fraction of sp³-hybridized carbons (Fsp3) is 0.750. The smallest absolute Gasteiger partial charge is 0.323 e. The SMILES string of the molecule is COC(=O)[C@H](C)NI. The number of rotatable bonds is 2. The maximum Gasteiger partial charge on any atom is 0.323 e. The molecule has 0 heterocycles. The van der Waals surface area contributed by atoms with E-state index in [1.54, 1.807) is 6.92 Å². The average molecular weight is 229 g/mol. The third kappa shape index (κ3) is 2.46. The van der Waals surface area contributed by atoms with Gasteiger partial charge in [-0.3, -0.25) is 4.79 Å². The first kappa shape index (κ1) is 8.16. The Morgan fingerprint density at radius 2 is 2.38 bits per heavy atom. The highest BCUT2D eigenvalue weighted by Gasteiger charge is 2.08. The van der Waals surface area contributed by atoms with Crippen LogP contribution in [-0.2, 0) is 9.53 Å². The van der Waals surface area contributed by atoms with Gasteiger partial charge in [0.1, 0.15) is 6.04 Å². The van der Waals surface area contributed by atoms with E-state index < -0.39 is 0 Å². The molecule has 4 heteroatoms. The first-order valence-electron chi connectivity index (χ1n) is 2.16. The van der Waals surface area contributed by atoms with E-state index in [1.807, 2.05) is 22.9 Å². The lowest BCUT2D eigenvalue weighted by atomic mass is 10.4. The van der Waals surface area contributed by atoms with Gasteiger partial charge in [0, 0.05) is 22.9 Å². The van der Waals surface area contributed by atoms with E-state index >= 15 is 0 Å². The Hall–Kier alpha value is 0.160. The van der Waals surface area contributed by atoms with E-state index in [9.17, 15) is 4.79 Å². The van der Waals surface area contributed by atoms with Crippen molar-refractivity contribution in [2.75, 3.05) is 7.11 Å². The molecule has 0 aromatic carbocycles. The van der Waals surface area contributed by atoms with Crippen molar-refractivity contribution in [2.24, 2.45) is 0 Å². The lowest BCUT2D eigenvalue weighted by Gasteiger charge is -2.03. The minimum Gasteiger partial charge on any atom is -0.468 e. The second-order valence-corrected chi connectivity index (χ2v) is 1.98. The van der Waals surface area contributed by atoms with Gasteiger partial charge < -0.3 is 4.74 Å². The zero-order chi connectivity index (χ0) is 6.57. The molecular weight excluding hydrogens is 221 g/mol. The number of ether oxygens (including phenoxy) is 1. The zero-order valence-corrected chi connectivity index (χ0v) is 6.93. The average Bonchev–Trinajstić information content (AvgIpc) is 1.84. The largest absolute Gasteiger partial charge is 0.468 e. The summed E-state index contributed by atoms with van der Waals surface area (Å²) < 4.78 is 7.11. The minimum absolute atomic E-state index is 0.208. The third-order valence-electron chi connectivity index (χ3n) is 0.718. The summed E-state index contributed by atoms with van der Waals surface area (Å²) in [5, 5.41) is 0. The van der Waals surface area contributed by atoms with Crippen molar-refractivity contribution in [3.63, 3.8) is 0 Å². The van der Waals surface area contributed by atoms with Crippen molar-refractivity contribution in [3.8, 4) is 0 Å².